The van der Waals surface area contributed by atoms with E-state index in [1.54, 1.807) is 0 Å². The number of piperidine rings is 1. The number of amides is 1. The molecule has 0 radical (unpaired) electrons. The topological polar surface area (TPSA) is 41.1 Å². The minimum Gasteiger partial charge on any atom is -0.353 e. The van der Waals surface area contributed by atoms with Gasteiger partial charge >= 0.3 is 0 Å². The molecule has 2 atom stereocenters. The Morgan fingerprint density at radius 1 is 1.44 bits per heavy atom. The average molecular weight is 295 g/mol. The van der Waals surface area contributed by atoms with Crippen molar-refractivity contribution >= 4 is 30.1 Å². The van der Waals surface area contributed by atoms with E-state index in [4.69, 9.17) is 0 Å². The number of hydrogen-bond donors (Lipinski definition) is 2. The zero-order chi connectivity index (χ0) is 12.5. The molecule has 1 aliphatic rings. The molecule has 1 heterocycles. The summed E-state index contributed by atoms with van der Waals surface area (Å²) in [5.74, 6) is 2.38. The molecule has 108 valence electrons. The zero-order valence-electron chi connectivity index (χ0n) is 11.5. The van der Waals surface area contributed by atoms with Gasteiger partial charge in [0.25, 0.3) is 0 Å². The molecule has 0 aromatic heterocycles. The molecule has 1 fully saturated rings. The van der Waals surface area contributed by atoms with Crippen LogP contribution < -0.4 is 10.6 Å². The van der Waals surface area contributed by atoms with Gasteiger partial charge < -0.3 is 10.6 Å². The SMILES string of the molecule is CCCCSCCC(=O)NC1CCNC(C)C1.Cl. The van der Waals surface area contributed by atoms with Crippen molar-refractivity contribution < 1.29 is 4.79 Å². The molecule has 1 aliphatic heterocycles. The monoisotopic (exact) mass is 294 g/mol. The molecule has 0 bridgehead atoms. The van der Waals surface area contributed by atoms with Crippen molar-refractivity contribution in [2.75, 3.05) is 18.1 Å². The summed E-state index contributed by atoms with van der Waals surface area (Å²) >= 11 is 1.90. The summed E-state index contributed by atoms with van der Waals surface area (Å²) in [5, 5.41) is 6.54. The largest absolute Gasteiger partial charge is 0.353 e. The highest BCUT2D eigenvalue weighted by atomic mass is 35.5. The van der Waals surface area contributed by atoms with Gasteiger partial charge in [-0.25, -0.2) is 0 Å². The maximum absolute atomic E-state index is 11.7. The van der Waals surface area contributed by atoms with Gasteiger partial charge in [-0.3, -0.25) is 4.79 Å². The van der Waals surface area contributed by atoms with Gasteiger partial charge in [-0.05, 0) is 38.5 Å². The van der Waals surface area contributed by atoms with Crippen LogP contribution in [0.15, 0.2) is 0 Å². The summed E-state index contributed by atoms with van der Waals surface area (Å²) in [6.45, 7) is 5.40. The first-order chi connectivity index (χ1) is 8.22. The standard InChI is InChI=1S/C13H26N2OS.ClH/c1-3-4-8-17-9-6-13(16)15-12-5-7-14-11(2)10-12;/h11-12,14H,3-10H2,1-2H3,(H,15,16);1H. The molecule has 2 unspecified atom stereocenters. The van der Waals surface area contributed by atoms with E-state index in [1.807, 2.05) is 11.8 Å². The van der Waals surface area contributed by atoms with Crippen LogP contribution in [0.1, 0.15) is 46.0 Å². The van der Waals surface area contributed by atoms with E-state index in [-0.39, 0.29) is 18.3 Å². The van der Waals surface area contributed by atoms with Crippen molar-refractivity contribution in [3.05, 3.63) is 0 Å². The minimum absolute atomic E-state index is 0. The Balaban J connectivity index is 0.00000289. The van der Waals surface area contributed by atoms with Crippen molar-refractivity contribution in [1.29, 1.82) is 0 Å². The van der Waals surface area contributed by atoms with Crippen LogP contribution in [0.5, 0.6) is 0 Å². The van der Waals surface area contributed by atoms with Crippen molar-refractivity contribution in [2.45, 2.75) is 58.0 Å². The zero-order valence-corrected chi connectivity index (χ0v) is 13.2. The van der Waals surface area contributed by atoms with Gasteiger partial charge in [-0.1, -0.05) is 13.3 Å². The highest BCUT2D eigenvalue weighted by Crippen LogP contribution is 2.09. The summed E-state index contributed by atoms with van der Waals surface area (Å²) in [6.07, 6.45) is 5.31. The molecule has 3 nitrogen and oxygen atoms in total. The van der Waals surface area contributed by atoms with Crippen LogP contribution in [0.3, 0.4) is 0 Å². The Bertz CT molecular complexity index is 229. The third-order valence-corrected chi connectivity index (χ3v) is 4.17. The van der Waals surface area contributed by atoms with E-state index in [9.17, 15) is 4.79 Å². The second-order valence-corrected chi connectivity index (χ2v) is 6.08. The minimum atomic E-state index is 0. The number of hydrogen-bond acceptors (Lipinski definition) is 3. The highest BCUT2D eigenvalue weighted by Gasteiger charge is 2.19. The fourth-order valence-corrected chi connectivity index (χ4v) is 3.10. The molecule has 0 aliphatic carbocycles. The molecule has 18 heavy (non-hydrogen) atoms. The molecule has 0 aromatic carbocycles. The molecule has 0 aromatic rings. The van der Waals surface area contributed by atoms with E-state index in [2.05, 4.69) is 24.5 Å². The quantitative estimate of drug-likeness (QED) is 0.709. The number of unbranched alkanes of at least 4 members (excludes halogenated alkanes) is 1. The first-order valence-corrected chi connectivity index (χ1v) is 7.98. The summed E-state index contributed by atoms with van der Waals surface area (Å²) in [4.78, 5) is 11.7. The van der Waals surface area contributed by atoms with Crippen LogP contribution in [-0.4, -0.2) is 36.0 Å². The lowest BCUT2D eigenvalue weighted by atomic mass is 10.0. The number of nitrogens with one attached hydrogen (secondary N) is 2. The predicted octanol–water partition coefficient (Wildman–Crippen LogP) is 2.59. The van der Waals surface area contributed by atoms with E-state index >= 15 is 0 Å². The fraction of sp³-hybridized carbons (Fsp3) is 0.923. The lowest BCUT2D eigenvalue weighted by Gasteiger charge is -2.28. The van der Waals surface area contributed by atoms with Crippen LogP contribution in [-0.2, 0) is 4.79 Å². The molecule has 1 amide bonds. The molecule has 2 N–H and O–H groups in total. The van der Waals surface area contributed by atoms with Crippen LogP contribution >= 0.6 is 24.2 Å². The number of halogens is 1. The Hall–Kier alpha value is 0.0700. The van der Waals surface area contributed by atoms with Gasteiger partial charge in [-0.2, -0.15) is 11.8 Å². The fourth-order valence-electron chi connectivity index (χ4n) is 2.08. The number of carbonyl (C=O) groups is 1. The number of rotatable bonds is 7. The summed E-state index contributed by atoms with van der Waals surface area (Å²) < 4.78 is 0. The third-order valence-electron chi connectivity index (χ3n) is 3.10. The van der Waals surface area contributed by atoms with Crippen molar-refractivity contribution in [2.24, 2.45) is 0 Å². The second kappa shape index (κ2) is 10.9. The van der Waals surface area contributed by atoms with Crippen LogP contribution in [0, 0.1) is 0 Å². The molecule has 1 saturated heterocycles. The lowest BCUT2D eigenvalue weighted by Crippen LogP contribution is -2.46. The average Bonchev–Trinajstić information content (AvgIpc) is 2.29. The van der Waals surface area contributed by atoms with Gasteiger partial charge in [0.2, 0.25) is 5.91 Å². The Labute approximate surface area is 122 Å². The smallest absolute Gasteiger partial charge is 0.221 e. The van der Waals surface area contributed by atoms with Crippen molar-refractivity contribution in [3.63, 3.8) is 0 Å². The molecule has 0 spiro atoms. The first-order valence-electron chi connectivity index (χ1n) is 6.83. The van der Waals surface area contributed by atoms with Gasteiger partial charge in [0.05, 0.1) is 0 Å². The maximum atomic E-state index is 11.7. The summed E-state index contributed by atoms with van der Waals surface area (Å²) in [7, 11) is 0. The number of thioether (sulfide) groups is 1. The lowest BCUT2D eigenvalue weighted by molar-refractivity contribution is -0.121. The van der Waals surface area contributed by atoms with Crippen molar-refractivity contribution in [3.8, 4) is 0 Å². The molecule has 0 saturated carbocycles. The molecular formula is C13H27ClN2OS. The van der Waals surface area contributed by atoms with Gasteiger partial charge in [0, 0.05) is 24.3 Å². The van der Waals surface area contributed by atoms with Crippen LogP contribution in [0.25, 0.3) is 0 Å². The van der Waals surface area contributed by atoms with Gasteiger partial charge in [0.15, 0.2) is 0 Å². The third kappa shape index (κ3) is 8.22. The molecular weight excluding hydrogens is 268 g/mol. The van der Waals surface area contributed by atoms with Crippen LogP contribution in [0.4, 0.5) is 0 Å². The maximum Gasteiger partial charge on any atom is 0.221 e. The Morgan fingerprint density at radius 2 is 2.22 bits per heavy atom. The summed E-state index contributed by atoms with van der Waals surface area (Å²) in [6, 6.07) is 0.923. The predicted molar refractivity (Wildman–Crippen MR) is 82.7 cm³/mol. The van der Waals surface area contributed by atoms with Gasteiger partial charge in [0.1, 0.15) is 0 Å². The number of carbonyl (C=O) groups excluding carboxylic acids is 1. The van der Waals surface area contributed by atoms with Gasteiger partial charge in [-0.15, -0.1) is 12.4 Å². The second-order valence-electron chi connectivity index (χ2n) is 4.86. The van der Waals surface area contributed by atoms with E-state index in [0.29, 0.717) is 18.5 Å². The summed E-state index contributed by atoms with van der Waals surface area (Å²) in [5.41, 5.74) is 0. The Kier molecular flexibility index (Phi) is 11.0. The molecule has 1 rings (SSSR count). The Morgan fingerprint density at radius 3 is 2.89 bits per heavy atom. The van der Waals surface area contributed by atoms with E-state index in [0.717, 1.165) is 25.1 Å². The first kappa shape index (κ1) is 18.1. The van der Waals surface area contributed by atoms with Crippen molar-refractivity contribution in [1.82, 2.24) is 10.6 Å². The van der Waals surface area contributed by atoms with E-state index < -0.39 is 0 Å². The van der Waals surface area contributed by atoms with Crippen LogP contribution in [0.2, 0.25) is 0 Å². The highest BCUT2D eigenvalue weighted by molar-refractivity contribution is 7.99. The normalized spacial score (nSPS) is 23.2. The van der Waals surface area contributed by atoms with E-state index in [1.165, 1.54) is 18.6 Å². The molecule has 5 heteroatoms.